The highest BCUT2D eigenvalue weighted by atomic mass is 79.9. The van der Waals surface area contributed by atoms with E-state index in [-0.39, 0.29) is 5.56 Å². The summed E-state index contributed by atoms with van der Waals surface area (Å²) >= 11 is 3.48. The summed E-state index contributed by atoms with van der Waals surface area (Å²) in [6, 6.07) is 0.466. The molecule has 1 aliphatic rings. The van der Waals surface area contributed by atoms with Gasteiger partial charge in [-0.1, -0.05) is 20.8 Å². The van der Waals surface area contributed by atoms with E-state index in [0.717, 1.165) is 31.7 Å². The van der Waals surface area contributed by atoms with Gasteiger partial charge in [-0.3, -0.25) is 4.79 Å². The van der Waals surface area contributed by atoms with Crippen LogP contribution in [0.2, 0.25) is 0 Å². The average molecular weight is 343 g/mol. The van der Waals surface area contributed by atoms with Crippen LogP contribution >= 0.6 is 15.9 Å². The van der Waals surface area contributed by atoms with E-state index >= 15 is 0 Å². The lowest BCUT2D eigenvalue weighted by Crippen LogP contribution is -2.58. The fourth-order valence-electron chi connectivity index (χ4n) is 2.37. The van der Waals surface area contributed by atoms with Gasteiger partial charge in [0.2, 0.25) is 0 Å². The van der Waals surface area contributed by atoms with Gasteiger partial charge in [-0.2, -0.15) is 5.10 Å². The Morgan fingerprint density at radius 2 is 2.25 bits per heavy atom. The third kappa shape index (κ3) is 3.23. The van der Waals surface area contributed by atoms with Crippen LogP contribution < -0.4 is 15.8 Å². The lowest BCUT2D eigenvalue weighted by atomic mass is 10.1. The largest absolute Gasteiger partial charge is 0.364 e. The summed E-state index contributed by atoms with van der Waals surface area (Å²) in [5.74, 6) is 0.403. The van der Waals surface area contributed by atoms with Crippen LogP contribution in [0, 0.1) is 5.92 Å². The zero-order chi connectivity index (χ0) is 14.7. The number of aromatic nitrogens is 2. The molecule has 0 atom stereocenters. The van der Waals surface area contributed by atoms with Gasteiger partial charge in [-0.05, 0) is 28.3 Å². The van der Waals surface area contributed by atoms with Crippen LogP contribution in [0.15, 0.2) is 15.5 Å². The van der Waals surface area contributed by atoms with Crippen LogP contribution in [0.4, 0.5) is 5.69 Å². The molecule has 0 saturated carbocycles. The molecule has 1 aromatic heterocycles. The van der Waals surface area contributed by atoms with Crippen molar-refractivity contribution < 1.29 is 0 Å². The van der Waals surface area contributed by atoms with E-state index in [0.29, 0.717) is 23.0 Å². The molecule has 0 spiro atoms. The van der Waals surface area contributed by atoms with Gasteiger partial charge in [0, 0.05) is 26.2 Å². The van der Waals surface area contributed by atoms with Crippen molar-refractivity contribution in [3.05, 3.63) is 21.0 Å². The summed E-state index contributed by atoms with van der Waals surface area (Å²) < 4.78 is 2.18. The second-order valence-electron chi connectivity index (χ2n) is 5.73. The van der Waals surface area contributed by atoms with Gasteiger partial charge in [0.25, 0.3) is 5.56 Å². The minimum atomic E-state index is -0.0374. The lowest BCUT2D eigenvalue weighted by molar-refractivity contribution is 0.409. The van der Waals surface area contributed by atoms with Gasteiger partial charge >= 0.3 is 0 Å². The molecule has 0 aromatic carbocycles. The number of nitrogens with one attached hydrogen (secondary N) is 1. The predicted octanol–water partition coefficient (Wildman–Crippen LogP) is 1.85. The topological polar surface area (TPSA) is 50.2 Å². The average Bonchev–Trinajstić information content (AvgIpc) is 2.32. The molecule has 2 heterocycles. The minimum absolute atomic E-state index is 0.0374. The van der Waals surface area contributed by atoms with E-state index in [1.54, 1.807) is 4.68 Å². The van der Waals surface area contributed by atoms with Crippen molar-refractivity contribution in [3.8, 4) is 0 Å². The van der Waals surface area contributed by atoms with E-state index in [1.807, 2.05) is 6.20 Å². The van der Waals surface area contributed by atoms with Crippen LogP contribution in [0.3, 0.4) is 0 Å². The second kappa shape index (κ2) is 6.72. The highest BCUT2D eigenvalue weighted by molar-refractivity contribution is 9.10. The maximum Gasteiger partial charge on any atom is 0.283 e. The number of hydrogen-bond acceptors (Lipinski definition) is 4. The zero-order valence-electron chi connectivity index (χ0n) is 12.4. The van der Waals surface area contributed by atoms with Crippen LogP contribution in [-0.4, -0.2) is 35.5 Å². The molecule has 2 rings (SSSR count). The SMILES string of the molecule is CCCN(c1cnn(CC(C)C)c(=O)c1Br)C1CNC1. The van der Waals surface area contributed by atoms with E-state index in [1.165, 1.54) is 0 Å². The Balaban J connectivity index is 2.31. The third-order valence-corrected chi connectivity index (χ3v) is 4.22. The van der Waals surface area contributed by atoms with Crippen LogP contribution in [0.5, 0.6) is 0 Å². The summed E-state index contributed by atoms with van der Waals surface area (Å²) in [7, 11) is 0. The molecule has 0 radical (unpaired) electrons. The molecule has 6 heteroatoms. The highest BCUT2D eigenvalue weighted by Crippen LogP contribution is 2.25. The summed E-state index contributed by atoms with van der Waals surface area (Å²) in [4.78, 5) is 14.7. The van der Waals surface area contributed by atoms with Gasteiger partial charge in [0.1, 0.15) is 4.47 Å². The fourth-order valence-corrected chi connectivity index (χ4v) is 2.90. The van der Waals surface area contributed by atoms with Gasteiger partial charge in [0.05, 0.1) is 17.9 Å². The lowest BCUT2D eigenvalue weighted by Gasteiger charge is -2.40. The van der Waals surface area contributed by atoms with Crippen molar-refractivity contribution in [1.29, 1.82) is 0 Å². The fraction of sp³-hybridized carbons (Fsp3) is 0.714. The number of nitrogens with zero attached hydrogens (tertiary/aromatic N) is 3. The second-order valence-corrected chi connectivity index (χ2v) is 6.52. The van der Waals surface area contributed by atoms with Crippen molar-refractivity contribution in [2.45, 2.75) is 39.8 Å². The molecule has 0 aliphatic carbocycles. The minimum Gasteiger partial charge on any atom is -0.364 e. The molecule has 0 amide bonds. The molecule has 1 saturated heterocycles. The molecule has 1 aromatic rings. The Bertz CT molecular complexity index is 510. The Morgan fingerprint density at radius 1 is 1.55 bits per heavy atom. The van der Waals surface area contributed by atoms with Crippen molar-refractivity contribution >= 4 is 21.6 Å². The normalized spacial score (nSPS) is 15.4. The molecule has 20 heavy (non-hydrogen) atoms. The number of rotatable bonds is 6. The maximum atomic E-state index is 12.4. The number of halogens is 1. The first kappa shape index (κ1) is 15.5. The Kier molecular flexibility index (Phi) is 5.21. The standard InChI is InChI=1S/C14H23BrN4O/c1-4-5-18(11-6-16-7-11)12-8-17-19(9-10(2)3)14(20)13(12)15/h8,10-11,16H,4-7,9H2,1-3H3. The van der Waals surface area contributed by atoms with Crippen molar-refractivity contribution in [2.24, 2.45) is 5.92 Å². The number of hydrogen-bond donors (Lipinski definition) is 1. The molecule has 0 bridgehead atoms. The monoisotopic (exact) mass is 342 g/mol. The van der Waals surface area contributed by atoms with E-state index in [9.17, 15) is 4.79 Å². The summed E-state index contributed by atoms with van der Waals surface area (Å²) in [5, 5.41) is 7.62. The van der Waals surface area contributed by atoms with Gasteiger partial charge in [-0.15, -0.1) is 0 Å². The van der Waals surface area contributed by atoms with Crippen molar-refractivity contribution in [2.75, 3.05) is 24.5 Å². The van der Waals surface area contributed by atoms with E-state index < -0.39 is 0 Å². The Hall–Kier alpha value is -0.880. The molecular weight excluding hydrogens is 320 g/mol. The Morgan fingerprint density at radius 3 is 2.75 bits per heavy atom. The van der Waals surface area contributed by atoms with Gasteiger partial charge < -0.3 is 10.2 Å². The van der Waals surface area contributed by atoms with E-state index in [2.05, 4.69) is 52.0 Å². The first-order valence-corrected chi connectivity index (χ1v) is 8.06. The zero-order valence-corrected chi connectivity index (χ0v) is 14.0. The third-order valence-electron chi connectivity index (χ3n) is 3.48. The quantitative estimate of drug-likeness (QED) is 0.857. The summed E-state index contributed by atoms with van der Waals surface area (Å²) in [6.45, 7) is 9.86. The van der Waals surface area contributed by atoms with Crippen LogP contribution in [-0.2, 0) is 6.54 Å². The number of anilines is 1. The maximum absolute atomic E-state index is 12.4. The van der Waals surface area contributed by atoms with Gasteiger partial charge in [0.15, 0.2) is 0 Å². The predicted molar refractivity (Wildman–Crippen MR) is 85.3 cm³/mol. The molecular formula is C14H23BrN4O. The molecule has 5 nitrogen and oxygen atoms in total. The van der Waals surface area contributed by atoms with Crippen LogP contribution in [0.25, 0.3) is 0 Å². The van der Waals surface area contributed by atoms with Gasteiger partial charge in [-0.25, -0.2) is 4.68 Å². The first-order chi connectivity index (χ1) is 9.54. The molecule has 1 N–H and O–H groups in total. The first-order valence-electron chi connectivity index (χ1n) is 7.27. The molecule has 1 aliphatic heterocycles. The van der Waals surface area contributed by atoms with Crippen molar-refractivity contribution in [1.82, 2.24) is 15.1 Å². The van der Waals surface area contributed by atoms with E-state index in [4.69, 9.17) is 0 Å². The van der Waals surface area contributed by atoms with Crippen molar-refractivity contribution in [3.63, 3.8) is 0 Å². The van der Waals surface area contributed by atoms with Crippen LogP contribution in [0.1, 0.15) is 27.2 Å². The molecule has 112 valence electrons. The smallest absolute Gasteiger partial charge is 0.283 e. The highest BCUT2D eigenvalue weighted by Gasteiger charge is 2.26. The Labute approximate surface area is 128 Å². The summed E-state index contributed by atoms with van der Waals surface area (Å²) in [5.41, 5.74) is 0.882. The summed E-state index contributed by atoms with van der Waals surface area (Å²) in [6.07, 6.45) is 2.87. The molecule has 1 fully saturated rings. The molecule has 0 unspecified atom stereocenters.